The molecule has 2 aliphatic rings. The van der Waals surface area contributed by atoms with Gasteiger partial charge in [0.1, 0.15) is 12.9 Å². The summed E-state index contributed by atoms with van der Waals surface area (Å²) in [5, 5.41) is 6.60. The van der Waals surface area contributed by atoms with Crippen molar-refractivity contribution in [3.63, 3.8) is 0 Å². The molecule has 0 spiro atoms. The van der Waals surface area contributed by atoms with Crippen molar-refractivity contribution in [2.24, 2.45) is 17.0 Å². The van der Waals surface area contributed by atoms with Crippen LogP contribution in [0.15, 0.2) is 41.6 Å². The molecule has 1 heterocycles. The van der Waals surface area contributed by atoms with Crippen LogP contribution in [0.4, 0.5) is 13.2 Å². The predicted molar refractivity (Wildman–Crippen MR) is 120 cm³/mol. The topological polar surface area (TPSA) is 34.1 Å². The molecule has 0 aromatic heterocycles. The summed E-state index contributed by atoms with van der Waals surface area (Å²) >= 11 is 0. The number of hydrogen-bond acceptors (Lipinski definition) is 4. The first-order valence-corrected chi connectivity index (χ1v) is 11.4. The standard InChI is InChI=1S/C25H31F3N2O2/c1-31-23-12-7-17-14-19(6-5-18(17)15-23)24(29-32-2)20-4-3-13-30(16-20)22-10-8-21(9-11-22)25(26,27)28/h5-7,12,14-15,20-22H,3-4,8-11,13,16H2,1-2H3/b29-24-. The van der Waals surface area contributed by atoms with Crippen molar-refractivity contribution in [1.82, 2.24) is 4.90 Å². The first-order chi connectivity index (χ1) is 15.4. The summed E-state index contributed by atoms with van der Waals surface area (Å²) in [5.74, 6) is -0.125. The highest BCUT2D eigenvalue weighted by atomic mass is 19.4. The molecule has 4 nitrogen and oxygen atoms in total. The van der Waals surface area contributed by atoms with Gasteiger partial charge in [0.25, 0.3) is 0 Å². The Bertz CT molecular complexity index is 952. The second kappa shape index (κ2) is 9.69. The Hall–Kier alpha value is -2.28. The third-order valence-electron chi connectivity index (χ3n) is 7.05. The van der Waals surface area contributed by atoms with Crippen LogP contribution in [-0.2, 0) is 4.84 Å². The van der Waals surface area contributed by atoms with Crippen molar-refractivity contribution in [2.75, 3.05) is 27.3 Å². The molecule has 0 bridgehead atoms. The van der Waals surface area contributed by atoms with Crippen LogP contribution in [0.2, 0.25) is 0 Å². The number of methoxy groups -OCH3 is 1. The van der Waals surface area contributed by atoms with Gasteiger partial charge in [-0.3, -0.25) is 4.90 Å². The fraction of sp³-hybridized carbons (Fsp3) is 0.560. The van der Waals surface area contributed by atoms with Gasteiger partial charge >= 0.3 is 6.18 Å². The molecule has 1 aliphatic heterocycles. The van der Waals surface area contributed by atoms with E-state index in [0.29, 0.717) is 12.8 Å². The highest BCUT2D eigenvalue weighted by Crippen LogP contribution is 2.39. The Kier molecular flexibility index (Phi) is 6.93. The number of nitrogens with zero attached hydrogens (tertiary/aromatic N) is 2. The van der Waals surface area contributed by atoms with E-state index >= 15 is 0 Å². The van der Waals surface area contributed by atoms with E-state index in [1.165, 1.54) is 0 Å². The van der Waals surface area contributed by atoms with Gasteiger partial charge in [0, 0.05) is 24.1 Å². The SMILES string of the molecule is CO/N=C(/c1ccc2cc(OC)ccc2c1)C1CCCN(C2CCC(C(F)(F)F)CC2)C1. The van der Waals surface area contributed by atoms with Gasteiger partial charge in [0.2, 0.25) is 0 Å². The first-order valence-electron chi connectivity index (χ1n) is 11.4. The molecule has 32 heavy (non-hydrogen) atoms. The monoisotopic (exact) mass is 448 g/mol. The van der Waals surface area contributed by atoms with E-state index in [9.17, 15) is 13.2 Å². The summed E-state index contributed by atoms with van der Waals surface area (Å²) in [5.41, 5.74) is 1.94. The first kappa shape index (κ1) is 22.9. The Balaban J connectivity index is 1.49. The Morgan fingerprint density at radius 2 is 1.69 bits per heavy atom. The summed E-state index contributed by atoms with van der Waals surface area (Å²) in [6.45, 7) is 1.75. The van der Waals surface area contributed by atoms with Crippen LogP contribution >= 0.6 is 0 Å². The van der Waals surface area contributed by atoms with Gasteiger partial charge in [0.15, 0.2) is 0 Å². The third kappa shape index (κ3) is 5.03. The van der Waals surface area contributed by atoms with Crippen molar-refractivity contribution in [2.45, 2.75) is 50.7 Å². The Labute approximate surface area is 187 Å². The van der Waals surface area contributed by atoms with Crippen molar-refractivity contribution >= 4 is 16.5 Å². The maximum atomic E-state index is 13.1. The number of fused-ring (bicyclic) bond motifs is 1. The lowest BCUT2D eigenvalue weighted by molar-refractivity contribution is -0.184. The van der Waals surface area contributed by atoms with Crippen LogP contribution in [-0.4, -0.2) is 50.1 Å². The molecule has 0 amide bonds. The van der Waals surface area contributed by atoms with Gasteiger partial charge in [-0.1, -0.05) is 23.4 Å². The van der Waals surface area contributed by atoms with Gasteiger partial charge in [-0.2, -0.15) is 13.2 Å². The minimum atomic E-state index is -4.06. The zero-order valence-electron chi connectivity index (χ0n) is 18.7. The lowest BCUT2D eigenvalue weighted by atomic mass is 9.82. The molecule has 2 fully saturated rings. The molecule has 174 valence electrons. The number of piperidine rings is 1. The van der Waals surface area contributed by atoms with Gasteiger partial charge in [-0.05, 0) is 74.0 Å². The van der Waals surface area contributed by atoms with E-state index < -0.39 is 12.1 Å². The van der Waals surface area contributed by atoms with Crippen molar-refractivity contribution in [3.8, 4) is 5.75 Å². The van der Waals surface area contributed by atoms with Gasteiger partial charge < -0.3 is 9.57 Å². The largest absolute Gasteiger partial charge is 0.497 e. The molecule has 1 unspecified atom stereocenters. The minimum absolute atomic E-state index is 0.194. The van der Waals surface area contributed by atoms with Crippen LogP contribution < -0.4 is 4.74 Å². The fourth-order valence-electron chi connectivity index (χ4n) is 5.30. The number of rotatable bonds is 5. The average Bonchev–Trinajstić information content (AvgIpc) is 2.81. The number of oxime groups is 1. The highest BCUT2D eigenvalue weighted by molar-refractivity contribution is 6.04. The number of likely N-dealkylation sites (tertiary alicyclic amines) is 1. The zero-order valence-corrected chi connectivity index (χ0v) is 18.7. The van der Waals surface area contributed by atoms with E-state index in [2.05, 4.69) is 28.3 Å². The van der Waals surface area contributed by atoms with Crippen molar-refractivity contribution < 1.29 is 22.7 Å². The number of ether oxygens (including phenoxy) is 1. The molecular weight excluding hydrogens is 417 g/mol. The van der Waals surface area contributed by atoms with Crippen LogP contribution in [0, 0.1) is 11.8 Å². The summed E-state index contributed by atoms with van der Waals surface area (Å²) in [7, 11) is 3.22. The van der Waals surface area contributed by atoms with E-state index in [4.69, 9.17) is 9.57 Å². The number of benzene rings is 2. The fourth-order valence-corrected chi connectivity index (χ4v) is 5.30. The maximum absolute atomic E-state index is 13.1. The second-order valence-electron chi connectivity index (χ2n) is 8.97. The molecule has 0 radical (unpaired) electrons. The number of halogens is 3. The Morgan fingerprint density at radius 3 is 2.38 bits per heavy atom. The predicted octanol–water partition coefficient (Wildman–Crippen LogP) is 6.03. The third-order valence-corrected chi connectivity index (χ3v) is 7.05. The summed E-state index contributed by atoms with van der Waals surface area (Å²) in [4.78, 5) is 7.60. The molecular formula is C25H31F3N2O2. The lowest BCUT2D eigenvalue weighted by Gasteiger charge is -2.41. The maximum Gasteiger partial charge on any atom is 0.391 e. The van der Waals surface area contributed by atoms with Crippen molar-refractivity contribution in [1.29, 1.82) is 0 Å². The molecule has 2 aromatic carbocycles. The molecule has 7 heteroatoms. The molecule has 2 aromatic rings. The molecule has 1 saturated carbocycles. The minimum Gasteiger partial charge on any atom is -0.497 e. The van der Waals surface area contributed by atoms with Gasteiger partial charge in [0.05, 0.1) is 18.7 Å². The van der Waals surface area contributed by atoms with Gasteiger partial charge in [-0.25, -0.2) is 0 Å². The quantitative estimate of drug-likeness (QED) is 0.414. The molecule has 4 rings (SSSR count). The van der Waals surface area contributed by atoms with Crippen LogP contribution in [0.3, 0.4) is 0 Å². The highest BCUT2D eigenvalue weighted by Gasteiger charge is 2.42. The Morgan fingerprint density at radius 1 is 0.969 bits per heavy atom. The van der Waals surface area contributed by atoms with Crippen LogP contribution in [0.1, 0.15) is 44.1 Å². The number of hydrogen-bond donors (Lipinski definition) is 0. The van der Waals surface area contributed by atoms with E-state index in [1.807, 2.05) is 18.2 Å². The van der Waals surface area contributed by atoms with Crippen LogP contribution in [0.5, 0.6) is 5.75 Å². The van der Waals surface area contributed by atoms with E-state index in [0.717, 1.165) is 53.7 Å². The summed E-state index contributed by atoms with van der Waals surface area (Å²) < 4.78 is 44.5. The molecule has 0 N–H and O–H groups in total. The summed E-state index contributed by atoms with van der Waals surface area (Å²) in [6, 6.07) is 12.5. The summed E-state index contributed by atoms with van der Waals surface area (Å²) in [6.07, 6.45) is -0.343. The van der Waals surface area contributed by atoms with Crippen LogP contribution in [0.25, 0.3) is 10.8 Å². The smallest absolute Gasteiger partial charge is 0.391 e. The molecule has 1 atom stereocenters. The average molecular weight is 449 g/mol. The second-order valence-corrected chi connectivity index (χ2v) is 8.97. The van der Waals surface area contributed by atoms with E-state index in [-0.39, 0.29) is 24.8 Å². The molecule has 1 saturated heterocycles. The molecule has 1 aliphatic carbocycles. The zero-order chi connectivity index (χ0) is 22.7. The normalized spacial score (nSPS) is 25.7. The number of alkyl halides is 3. The van der Waals surface area contributed by atoms with E-state index in [1.54, 1.807) is 14.2 Å². The van der Waals surface area contributed by atoms with Gasteiger partial charge in [-0.15, -0.1) is 0 Å². The van der Waals surface area contributed by atoms with Crippen molar-refractivity contribution in [3.05, 3.63) is 42.0 Å². The lowest BCUT2D eigenvalue weighted by Crippen LogP contribution is -2.47.